The van der Waals surface area contributed by atoms with Crippen LogP contribution in [0, 0.1) is 12.8 Å². The summed E-state index contributed by atoms with van der Waals surface area (Å²) in [7, 11) is 0. The van der Waals surface area contributed by atoms with Crippen molar-refractivity contribution < 1.29 is 4.74 Å². The lowest BCUT2D eigenvalue weighted by atomic mass is 9.94. The van der Waals surface area contributed by atoms with E-state index in [0.717, 1.165) is 56.0 Å². The van der Waals surface area contributed by atoms with Gasteiger partial charge in [0.2, 0.25) is 5.95 Å². The van der Waals surface area contributed by atoms with Crippen molar-refractivity contribution in [1.82, 2.24) is 24.8 Å². The minimum absolute atomic E-state index is 0.362. The Hall–Kier alpha value is -2.12. The van der Waals surface area contributed by atoms with Gasteiger partial charge in [-0.3, -0.25) is 4.90 Å². The van der Waals surface area contributed by atoms with Crippen molar-refractivity contribution in [1.29, 1.82) is 0 Å². The van der Waals surface area contributed by atoms with Crippen molar-refractivity contribution in [3.63, 3.8) is 0 Å². The van der Waals surface area contributed by atoms with Gasteiger partial charge in [0.1, 0.15) is 11.6 Å². The number of anilines is 2. The Bertz CT molecular complexity index is 735. The summed E-state index contributed by atoms with van der Waals surface area (Å²) in [4.78, 5) is 20.4. The van der Waals surface area contributed by atoms with Gasteiger partial charge in [-0.05, 0) is 51.1 Å². The Balaban J connectivity index is 1.52. The monoisotopic (exact) mass is 368 g/mol. The number of rotatable bonds is 5. The summed E-state index contributed by atoms with van der Waals surface area (Å²) >= 11 is 0. The van der Waals surface area contributed by atoms with Gasteiger partial charge in [-0.25, -0.2) is 19.9 Å². The number of nitrogens with one attached hydrogen (secondary N) is 1. The molecule has 144 valence electrons. The first-order valence-corrected chi connectivity index (χ1v) is 9.99. The number of nitrogens with zero attached hydrogens (tertiary/aromatic N) is 5. The Kier molecular flexibility index (Phi) is 5.89. The first kappa shape index (κ1) is 18.3. The van der Waals surface area contributed by atoms with Crippen molar-refractivity contribution >= 4 is 11.8 Å². The average Bonchev–Trinajstić information content (AvgIpc) is 2.69. The molecule has 2 saturated heterocycles. The maximum Gasteiger partial charge on any atom is 0.228 e. The van der Waals surface area contributed by atoms with E-state index in [1.54, 1.807) is 18.5 Å². The molecular formula is C20H28N6O. The highest BCUT2D eigenvalue weighted by Crippen LogP contribution is 2.32. The highest BCUT2D eigenvalue weighted by Gasteiger charge is 2.28. The van der Waals surface area contributed by atoms with Gasteiger partial charge >= 0.3 is 0 Å². The molecule has 0 aromatic carbocycles. The highest BCUT2D eigenvalue weighted by molar-refractivity contribution is 5.48. The van der Waals surface area contributed by atoms with Crippen LogP contribution in [-0.4, -0.2) is 51.1 Å². The fourth-order valence-electron chi connectivity index (χ4n) is 4.11. The minimum atomic E-state index is 0.362. The van der Waals surface area contributed by atoms with Crippen molar-refractivity contribution in [3.05, 3.63) is 36.0 Å². The maximum atomic E-state index is 5.53. The number of likely N-dealkylation sites (tertiary alicyclic amines) is 1. The lowest BCUT2D eigenvalue weighted by molar-refractivity contribution is 0.0376. The molecule has 1 atom stereocenters. The summed E-state index contributed by atoms with van der Waals surface area (Å²) in [6, 6.07) is 4.23. The first-order chi connectivity index (χ1) is 13.3. The Morgan fingerprint density at radius 3 is 2.74 bits per heavy atom. The summed E-state index contributed by atoms with van der Waals surface area (Å²) < 4.78 is 5.53. The van der Waals surface area contributed by atoms with Crippen LogP contribution < -0.4 is 5.32 Å². The van der Waals surface area contributed by atoms with E-state index >= 15 is 0 Å². The fraction of sp³-hybridized carbons (Fsp3) is 0.600. The summed E-state index contributed by atoms with van der Waals surface area (Å²) in [6.45, 7) is 6.05. The molecule has 2 aliphatic rings. The standard InChI is InChI=1S/C20H28N6O/c1-15-23-17(13-19(24-15)25-20-21-8-4-9-22-20)18-5-2-3-10-26(18)14-16-6-11-27-12-7-16/h4,8-9,13,16,18H,2-3,5-7,10-12,14H2,1H3,(H,21,22,23,24,25). The van der Waals surface area contributed by atoms with Crippen molar-refractivity contribution in [2.24, 2.45) is 5.92 Å². The zero-order chi connectivity index (χ0) is 18.5. The molecule has 2 aromatic heterocycles. The smallest absolute Gasteiger partial charge is 0.228 e. The van der Waals surface area contributed by atoms with Crippen LogP contribution in [0.25, 0.3) is 0 Å². The van der Waals surface area contributed by atoms with Gasteiger partial charge in [-0.2, -0.15) is 0 Å². The van der Waals surface area contributed by atoms with Gasteiger partial charge in [0.25, 0.3) is 0 Å². The molecule has 1 N–H and O–H groups in total. The molecule has 0 bridgehead atoms. The largest absolute Gasteiger partial charge is 0.381 e. The number of ether oxygens (including phenoxy) is 1. The number of aryl methyl sites for hydroxylation is 1. The normalized spacial score (nSPS) is 21.9. The van der Waals surface area contributed by atoms with E-state index in [9.17, 15) is 0 Å². The molecule has 7 heteroatoms. The van der Waals surface area contributed by atoms with E-state index < -0.39 is 0 Å². The number of hydrogen-bond donors (Lipinski definition) is 1. The molecule has 0 radical (unpaired) electrons. The van der Waals surface area contributed by atoms with E-state index in [4.69, 9.17) is 9.72 Å². The topological polar surface area (TPSA) is 76.1 Å². The summed E-state index contributed by atoms with van der Waals surface area (Å²) in [5.41, 5.74) is 1.10. The van der Waals surface area contributed by atoms with Crippen molar-refractivity contribution in [2.75, 3.05) is 31.6 Å². The van der Waals surface area contributed by atoms with E-state index in [0.29, 0.717) is 12.0 Å². The zero-order valence-electron chi connectivity index (χ0n) is 16.0. The molecule has 2 fully saturated rings. The average molecular weight is 368 g/mol. The fourth-order valence-corrected chi connectivity index (χ4v) is 4.11. The molecule has 2 aromatic rings. The molecule has 2 aliphatic heterocycles. The second-order valence-corrected chi connectivity index (χ2v) is 7.48. The molecule has 4 rings (SSSR count). The maximum absolute atomic E-state index is 5.53. The van der Waals surface area contributed by atoms with Crippen molar-refractivity contribution in [2.45, 2.75) is 45.1 Å². The number of hydrogen-bond acceptors (Lipinski definition) is 7. The summed E-state index contributed by atoms with van der Waals surface area (Å²) in [5, 5.41) is 3.21. The van der Waals surface area contributed by atoms with Crippen LogP contribution in [-0.2, 0) is 4.74 Å². The predicted octanol–water partition coefficient (Wildman–Crippen LogP) is 3.27. The Labute approximate surface area is 160 Å². The van der Waals surface area contributed by atoms with Gasteiger partial charge < -0.3 is 10.1 Å². The van der Waals surface area contributed by atoms with Crippen molar-refractivity contribution in [3.8, 4) is 0 Å². The van der Waals surface area contributed by atoms with Gasteiger partial charge in [0.05, 0.1) is 11.7 Å². The van der Waals surface area contributed by atoms with Crippen LogP contribution >= 0.6 is 0 Å². The van der Waals surface area contributed by atoms with E-state index in [2.05, 4.69) is 31.2 Å². The zero-order valence-corrected chi connectivity index (χ0v) is 16.0. The number of aromatic nitrogens is 4. The van der Waals surface area contributed by atoms with Crippen LogP contribution in [0.5, 0.6) is 0 Å². The van der Waals surface area contributed by atoms with Gasteiger partial charge in [0, 0.05) is 38.2 Å². The van der Waals surface area contributed by atoms with E-state index in [1.807, 2.05) is 6.92 Å². The van der Waals surface area contributed by atoms with Gasteiger partial charge in [-0.15, -0.1) is 0 Å². The lowest BCUT2D eigenvalue weighted by Gasteiger charge is -2.38. The van der Waals surface area contributed by atoms with Crippen LogP contribution in [0.1, 0.15) is 49.7 Å². The third-order valence-corrected chi connectivity index (χ3v) is 5.45. The molecule has 0 saturated carbocycles. The molecule has 27 heavy (non-hydrogen) atoms. The third kappa shape index (κ3) is 4.78. The molecular weight excluding hydrogens is 340 g/mol. The molecule has 7 nitrogen and oxygen atoms in total. The number of piperidine rings is 1. The van der Waals surface area contributed by atoms with E-state index in [1.165, 1.54) is 25.7 Å². The lowest BCUT2D eigenvalue weighted by Crippen LogP contribution is -2.39. The molecule has 1 unspecified atom stereocenters. The quantitative estimate of drug-likeness (QED) is 0.868. The highest BCUT2D eigenvalue weighted by atomic mass is 16.5. The minimum Gasteiger partial charge on any atom is -0.381 e. The summed E-state index contributed by atoms with van der Waals surface area (Å²) in [5.74, 6) is 2.84. The first-order valence-electron chi connectivity index (χ1n) is 9.99. The molecule has 0 aliphatic carbocycles. The Morgan fingerprint density at radius 1 is 1.11 bits per heavy atom. The molecule has 0 spiro atoms. The van der Waals surface area contributed by atoms with Crippen LogP contribution in [0.15, 0.2) is 24.5 Å². The van der Waals surface area contributed by atoms with Crippen LogP contribution in [0.2, 0.25) is 0 Å². The molecule has 0 amide bonds. The SMILES string of the molecule is Cc1nc(Nc2ncccn2)cc(C2CCCCN2CC2CCOCC2)n1. The van der Waals surface area contributed by atoms with E-state index in [-0.39, 0.29) is 0 Å². The van der Waals surface area contributed by atoms with Gasteiger partial charge in [0.15, 0.2) is 0 Å². The second-order valence-electron chi connectivity index (χ2n) is 7.48. The third-order valence-electron chi connectivity index (χ3n) is 5.45. The van der Waals surface area contributed by atoms with Crippen LogP contribution in [0.4, 0.5) is 11.8 Å². The predicted molar refractivity (Wildman–Crippen MR) is 104 cm³/mol. The summed E-state index contributed by atoms with van der Waals surface area (Å²) in [6.07, 6.45) is 9.46. The van der Waals surface area contributed by atoms with Gasteiger partial charge in [-0.1, -0.05) is 6.42 Å². The second kappa shape index (κ2) is 8.71. The molecule has 4 heterocycles. The Morgan fingerprint density at radius 2 is 1.93 bits per heavy atom. The van der Waals surface area contributed by atoms with Crippen LogP contribution in [0.3, 0.4) is 0 Å².